The van der Waals surface area contributed by atoms with Crippen LogP contribution in [0.5, 0.6) is 0 Å². The predicted molar refractivity (Wildman–Crippen MR) is 79.0 cm³/mol. The molecule has 1 atom stereocenters. The van der Waals surface area contributed by atoms with Gasteiger partial charge in [-0.15, -0.1) is 0 Å². The van der Waals surface area contributed by atoms with Crippen LogP contribution in [0.2, 0.25) is 0 Å². The van der Waals surface area contributed by atoms with Crippen molar-refractivity contribution >= 4 is 28.6 Å². The van der Waals surface area contributed by atoms with Crippen molar-refractivity contribution in [2.24, 2.45) is 0 Å². The van der Waals surface area contributed by atoms with E-state index in [1.54, 1.807) is 23.6 Å². The molecule has 1 heterocycles. The van der Waals surface area contributed by atoms with Crippen molar-refractivity contribution in [3.63, 3.8) is 0 Å². The lowest BCUT2D eigenvalue weighted by molar-refractivity contribution is -0.139. The number of carbonyl (C=O) groups is 1. The number of hydrogen-bond donors (Lipinski definition) is 0. The molecule has 1 aromatic heterocycles. The van der Waals surface area contributed by atoms with Gasteiger partial charge in [0, 0.05) is 6.54 Å². The van der Waals surface area contributed by atoms with Gasteiger partial charge >= 0.3 is 5.97 Å². The summed E-state index contributed by atoms with van der Waals surface area (Å²) in [5.74, 6) is -0.333. The van der Waals surface area contributed by atoms with Gasteiger partial charge in [-0.25, -0.2) is 4.98 Å². The molecular weight excluding hydrogens is 276 g/mol. The fraction of sp³-hybridized carbons (Fsp3) is 0.357. The van der Waals surface area contributed by atoms with Crippen LogP contribution < -0.4 is 5.56 Å². The number of thioether (sulfide) groups is 1. The summed E-state index contributed by atoms with van der Waals surface area (Å²) in [5.41, 5.74) is 0.555. The van der Waals surface area contributed by atoms with Gasteiger partial charge < -0.3 is 4.74 Å². The third kappa shape index (κ3) is 2.70. The smallest absolute Gasteiger partial charge is 0.318 e. The molecule has 0 aliphatic carbocycles. The number of methoxy groups -OCH3 is 1. The minimum atomic E-state index is -0.411. The number of hydrogen-bond acceptors (Lipinski definition) is 5. The first-order chi connectivity index (χ1) is 9.58. The lowest BCUT2D eigenvalue weighted by Gasteiger charge is -2.13. The van der Waals surface area contributed by atoms with E-state index in [9.17, 15) is 9.59 Å². The van der Waals surface area contributed by atoms with Crippen molar-refractivity contribution in [2.45, 2.75) is 30.8 Å². The standard InChI is InChI=1S/C14H16N2O3S/c1-4-16-12(17)10-7-5-6-8-11(10)15-14(16)20-9(2)13(18)19-3/h5-9H,4H2,1-3H3/t9-/m0/s1. The van der Waals surface area contributed by atoms with E-state index in [-0.39, 0.29) is 11.5 Å². The van der Waals surface area contributed by atoms with E-state index in [1.807, 2.05) is 19.1 Å². The van der Waals surface area contributed by atoms with Gasteiger partial charge in [0.2, 0.25) is 0 Å². The maximum atomic E-state index is 12.4. The zero-order valence-corrected chi connectivity index (χ0v) is 12.4. The highest BCUT2D eigenvalue weighted by atomic mass is 32.2. The van der Waals surface area contributed by atoms with Crippen LogP contribution in [-0.4, -0.2) is 27.9 Å². The van der Waals surface area contributed by atoms with E-state index in [1.165, 1.54) is 18.9 Å². The van der Waals surface area contributed by atoms with E-state index in [4.69, 9.17) is 4.74 Å². The topological polar surface area (TPSA) is 61.2 Å². The van der Waals surface area contributed by atoms with Gasteiger partial charge in [0.25, 0.3) is 5.56 Å². The second-order valence-corrected chi connectivity index (χ2v) is 5.55. The molecule has 0 saturated heterocycles. The fourth-order valence-electron chi connectivity index (χ4n) is 1.89. The Labute approximate surface area is 121 Å². The molecule has 6 heteroatoms. The van der Waals surface area contributed by atoms with Gasteiger partial charge in [0.05, 0.1) is 18.0 Å². The van der Waals surface area contributed by atoms with Crippen molar-refractivity contribution in [2.75, 3.05) is 7.11 Å². The van der Waals surface area contributed by atoms with Crippen molar-refractivity contribution in [3.8, 4) is 0 Å². The number of carbonyl (C=O) groups excluding carboxylic acids is 1. The minimum absolute atomic E-state index is 0.0855. The molecule has 0 saturated carbocycles. The number of aromatic nitrogens is 2. The second kappa shape index (κ2) is 6.09. The minimum Gasteiger partial charge on any atom is -0.468 e. The zero-order chi connectivity index (χ0) is 14.7. The summed E-state index contributed by atoms with van der Waals surface area (Å²) in [6.07, 6.45) is 0. The number of rotatable bonds is 4. The number of benzene rings is 1. The molecule has 2 aromatic rings. The van der Waals surface area contributed by atoms with Crippen LogP contribution in [0, 0.1) is 0 Å². The molecule has 0 N–H and O–H groups in total. The van der Waals surface area contributed by atoms with Crippen molar-refractivity contribution < 1.29 is 9.53 Å². The fourth-order valence-corrected chi connectivity index (χ4v) is 2.89. The Bertz CT molecular complexity index is 696. The van der Waals surface area contributed by atoms with Gasteiger partial charge in [-0.05, 0) is 26.0 Å². The molecule has 1 aromatic carbocycles. The molecule has 20 heavy (non-hydrogen) atoms. The highest BCUT2D eigenvalue weighted by Crippen LogP contribution is 2.23. The molecule has 5 nitrogen and oxygen atoms in total. The molecule has 0 amide bonds. The average Bonchev–Trinajstić information content (AvgIpc) is 2.46. The Morgan fingerprint density at radius 2 is 2.15 bits per heavy atom. The third-order valence-corrected chi connectivity index (χ3v) is 4.03. The Kier molecular flexibility index (Phi) is 4.44. The lowest BCUT2D eigenvalue weighted by atomic mass is 10.2. The normalized spacial score (nSPS) is 12.3. The molecule has 0 unspecified atom stereocenters. The largest absolute Gasteiger partial charge is 0.468 e. The van der Waals surface area contributed by atoms with Crippen LogP contribution in [0.15, 0.2) is 34.2 Å². The van der Waals surface area contributed by atoms with E-state index >= 15 is 0 Å². The number of esters is 1. The summed E-state index contributed by atoms with van der Waals surface area (Å²) in [6, 6.07) is 7.21. The number of fused-ring (bicyclic) bond motifs is 1. The Hall–Kier alpha value is -1.82. The quantitative estimate of drug-likeness (QED) is 0.490. The molecule has 2 rings (SSSR count). The van der Waals surface area contributed by atoms with Crippen molar-refractivity contribution in [1.82, 2.24) is 9.55 Å². The molecule has 0 bridgehead atoms. The number of nitrogens with zero attached hydrogens (tertiary/aromatic N) is 2. The Balaban J connectivity index is 2.52. The summed E-state index contributed by atoms with van der Waals surface area (Å²) in [5, 5.41) is 0.712. The van der Waals surface area contributed by atoms with Crippen LogP contribution in [0.4, 0.5) is 0 Å². The van der Waals surface area contributed by atoms with Gasteiger partial charge in [0.1, 0.15) is 5.25 Å². The highest BCUT2D eigenvalue weighted by molar-refractivity contribution is 8.00. The zero-order valence-electron chi connectivity index (χ0n) is 11.6. The van der Waals surface area contributed by atoms with E-state index in [0.29, 0.717) is 22.6 Å². The van der Waals surface area contributed by atoms with Crippen LogP contribution in [0.1, 0.15) is 13.8 Å². The summed E-state index contributed by atoms with van der Waals surface area (Å²) in [6.45, 7) is 4.12. The van der Waals surface area contributed by atoms with Gasteiger partial charge in [-0.3, -0.25) is 14.2 Å². The van der Waals surface area contributed by atoms with E-state index < -0.39 is 5.25 Å². The van der Waals surface area contributed by atoms with Crippen LogP contribution in [0.25, 0.3) is 10.9 Å². The summed E-state index contributed by atoms with van der Waals surface area (Å²) in [7, 11) is 1.35. The maximum Gasteiger partial charge on any atom is 0.318 e. The molecule has 0 spiro atoms. The van der Waals surface area contributed by atoms with E-state index in [2.05, 4.69) is 4.98 Å². The first-order valence-corrected chi connectivity index (χ1v) is 7.20. The SMILES string of the molecule is CCn1c(S[C@@H](C)C(=O)OC)nc2ccccc2c1=O. The molecule has 0 aliphatic heterocycles. The van der Waals surface area contributed by atoms with Crippen molar-refractivity contribution in [3.05, 3.63) is 34.6 Å². The second-order valence-electron chi connectivity index (χ2n) is 4.24. The first kappa shape index (κ1) is 14.6. The summed E-state index contributed by atoms with van der Waals surface area (Å²) >= 11 is 1.23. The van der Waals surface area contributed by atoms with Crippen LogP contribution in [-0.2, 0) is 16.1 Å². The Morgan fingerprint density at radius 3 is 2.80 bits per heavy atom. The molecule has 0 radical (unpaired) electrons. The highest BCUT2D eigenvalue weighted by Gasteiger charge is 2.19. The molecule has 106 valence electrons. The van der Waals surface area contributed by atoms with E-state index in [0.717, 1.165) is 0 Å². The van der Waals surface area contributed by atoms with Crippen molar-refractivity contribution in [1.29, 1.82) is 0 Å². The van der Waals surface area contributed by atoms with Gasteiger partial charge in [0.15, 0.2) is 5.16 Å². The molecule has 0 aliphatic rings. The number of ether oxygens (including phenoxy) is 1. The lowest BCUT2D eigenvalue weighted by Crippen LogP contribution is -2.24. The van der Waals surface area contributed by atoms with Gasteiger partial charge in [-0.1, -0.05) is 23.9 Å². The monoisotopic (exact) mass is 292 g/mol. The summed E-state index contributed by atoms with van der Waals surface area (Å²) < 4.78 is 6.28. The average molecular weight is 292 g/mol. The third-order valence-electron chi connectivity index (χ3n) is 2.96. The predicted octanol–water partition coefficient (Wildman–Crippen LogP) is 2.07. The molecular formula is C14H16N2O3S. The number of para-hydroxylation sites is 1. The van der Waals surface area contributed by atoms with Gasteiger partial charge in [-0.2, -0.15) is 0 Å². The molecule has 0 fully saturated rings. The van der Waals surface area contributed by atoms with Crippen LogP contribution >= 0.6 is 11.8 Å². The maximum absolute atomic E-state index is 12.4. The first-order valence-electron chi connectivity index (χ1n) is 6.32. The van der Waals surface area contributed by atoms with Crippen LogP contribution in [0.3, 0.4) is 0 Å². The summed E-state index contributed by atoms with van der Waals surface area (Å²) in [4.78, 5) is 28.4. The Morgan fingerprint density at radius 1 is 1.45 bits per heavy atom.